The van der Waals surface area contributed by atoms with Crippen LogP contribution in [0.1, 0.15) is 50.9 Å². The van der Waals surface area contributed by atoms with Gasteiger partial charge in [-0.1, -0.05) is 11.6 Å². The van der Waals surface area contributed by atoms with Crippen LogP contribution in [0, 0.1) is 0 Å². The summed E-state index contributed by atoms with van der Waals surface area (Å²) in [4.78, 5) is 12.1. The lowest BCUT2D eigenvalue weighted by atomic mass is 9.79. The first-order valence-electron chi connectivity index (χ1n) is 8.62. The van der Waals surface area contributed by atoms with Crippen LogP contribution in [0.4, 0.5) is 0 Å². The van der Waals surface area contributed by atoms with Gasteiger partial charge in [0.05, 0.1) is 12.2 Å². The van der Waals surface area contributed by atoms with E-state index in [1.807, 2.05) is 0 Å². The Kier molecular flexibility index (Phi) is 4.88. The van der Waals surface area contributed by atoms with E-state index in [-0.39, 0.29) is 29.8 Å². The van der Waals surface area contributed by atoms with Gasteiger partial charge in [-0.25, -0.2) is 4.79 Å². The Balaban J connectivity index is 1.58. The number of benzene rings is 1. The molecule has 0 aromatic heterocycles. The number of ether oxygens (including phenoxy) is 3. The van der Waals surface area contributed by atoms with E-state index in [0.29, 0.717) is 17.2 Å². The molecule has 5 nitrogen and oxygen atoms in total. The van der Waals surface area contributed by atoms with Gasteiger partial charge < -0.3 is 19.5 Å². The van der Waals surface area contributed by atoms with Crippen molar-refractivity contribution in [2.75, 3.05) is 13.2 Å². The van der Waals surface area contributed by atoms with Crippen LogP contribution < -0.4 is 5.32 Å². The van der Waals surface area contributed by atoms with E-state index in [2.05, 4.69) is 33.0 Å². The molecule has 25 heavy (non-hydrogen) atoms. The maximum absolute atomic E-state index is 12.1. The average molecular weight is 368 g/mol. The van der Waals surface area contributed by atoms with Crippen LogP contribution in [0.2, 0.25) is 5.02 Å². The summed E-state index contributed by atoms with van der Waals surface area (Å²) in [6.45, 7) is 9.20. The van der Waals surface area contributed by atoms with Crippen molar-refractivity contribution in [3.05, 3.63) is 34.9 Å². The first-order chi connectivity index (χ1) is 11.6. The fraction of sp³-hybridized carbons (Fsp3) is 0.632. The Bertz CT molecular complexity index is 625. The smallest absolute Gasteiger partial charge is 0.338 e. The average Bonchev–Trinajstić information content (AvgIpc) is 2.83. The molecule has 1 aromatic rings. The minimum absolute atomic E-state index is 0.0867. The molecule has 1 spiro atoms. The molecule has 2 fully saturated rings. The van der Waals surface area contributed by atoms with Crippen molar-refractivity contribution in [2.24, 2.45) is 0 Å². The quantitative estimate of drug-likeness (QED) is 0.828. The summed E-state index contributed by atoms with van der Waals surface area (Å²) in [5.74, 6) is -0.998. The van der Waals surface area contributed by atoms with E-state index in [0.717, 1.165) is 12.8 Å². The minimum Gasteiger partial charge on any atom is -0.459 e. The van der Waals surface area contributed by atoms with Gasteiger partial charge in [-0.3, -0.25) is 0 Å². The third-order valence-electron chi connectivity index (χ3n) is 4.49. The maximum Gasteiger partial charge on any atom is 0.338 e. The number of halogens is 1. The van der Waals surface area contributed by atoms with Gasteiger partial charge in [0.1, 0.15) is 12.7 Å². The summed E-state index contributed by atoms with van der Waals surface area (Å²) in [6.07, 6.45) is 1.26. The second-order valence-electron chi connectivity index (χ2n) is 8.31. The number of rotatable bonds is 3. The van der Waals surface area contributed by atoms with Crippen molar-refractivity contribution >= 4 is 17.6 Å². The Hall–Kier alpha value is -1.14. The third kappa shape index (κ3) is 4.53. The molecule has 1 atom stereocenters. The SMILES string of the molecule is CC1(C)CC2(CC(C)(C)N1)OCC(COC(=O)c1ccc(Cl)cc1)O2. The van der Waals surface area contributed by atoms with E-state index in [9.17, 15) is 4.79 Å². The Morgan fingerprint density at radius 2 is 1.80 bits per heavy atom. The van der Waals surface area contributed by atoms with Gasteiger partial charge in [-0.15, -0.1) is 0 Å². The Morgan fingerprint density at radius 1 is 1.20 bits per heavy atom. The molecule has 0 saturated carbocycles. The van der Waals surface area contributed by atoms with Crippen molar-refractivity contribution < 1.29 is 19.0 Å². The Morgan fingerprint density at radius 3 is 2.40 bits per heavy atom. The molecule has 0 aliphatic carbocycles. The summed E-state index contributed by atoms with van der Waals surface area (Å²) in [5.41, 5.74) is 0.301. The van der Waals surface area contributed by atoms with Crippen molar-refractivity contribution in [1.82, 2.24) is 5.32 Å². The number of hydrogen-bond donors (Lipinski definition) is 1. The van der Waals surface area contributed by atoms with Gasteiger partial charge in [-0.2, -0.15) is 0 Å². The highest BCUT2D eigenvalue weighted by molar-refractivity contribution is 6.30. The molecule has 2 saturated heterocycles. The highest BCUT2D eigenvalue weighted by Gasteiger charge is 2.53. The summed E-state index contributed by atoms with van der Waals surface area (Å²) in [7, 11) is 0. The molecule has 138 valence electrons. The molecular formula is C19H26ClNO4. The molecule has 0 radical (unpaired) electrons. The summed E-state index contributed by atoms with van der Waals surface area (Å²) >= 11 is 5.83. The molecular weight excluding hydrogens is 342 g/mol. The minimum atomic E-state index is -0.615. The number of nitrogens with one attached hydrogen (secondary N) is 1. The zero-order chi connectivity index (χ0) is 18.3. The zero-order valence-electron chi connectivity index (χ0n) is 15.2. The van der Waals surface area contributed by atoms with Crippen LogP contribution in [0.15, 0.2) is 24.3 Å². The molecule has 0 amide bonds. The molecule has 1 N–H and O–H groups in total. The first kappa shape index (κ1) is 18.6. The van der Waals surface area contributed by atoms with Crippen LogP contribution >= 0.6 is 11.6 Å². The summed E-state index contributed by atoms with van der Waals surface area (Å²) < 4.78 is 17.6. The number of piperidine rings is 1. The number of esters is 1. The van der Waals surface area contributed by atoms with Crippen molar-refractivity contribution in [3.63, 3.8) is 0 Å². The van der Waals surface area contributed by atoms with Crippen LogP contribution in [0.25, 0.3) is 0 Å². The van der Waals surface area contributed by atoms with Crippen molar-refractivity contribution in [1.29, 1.82) is 0 Å². The standard InChI is InChI=1S/C19H26ClNO4/c1-17(2)11-19(12-18(3,4)21-17)24-10-15(25-19)9-23-16(22)13-5-7-14(20)8-6-13/h5-8,15,21H,9-12H2,1-4H3. The van der Waals surface area contributed by atoms with Gasteiger partial charge in [0.15, 0.2) is 5.79 Å². The van der Waals surface area contributed by atoms with E-state index in [1.54, 1.807) is 24.3 Å². The number of carbonyl (C=O) groups is 1. The molecule has 2 heterocycles. The molecule has 3 rings (SSSR count). The highest BCUT2D eigenvalue weighted by atomic mass is 35.5. The van der Waals surface area contributed by atoms with Crippen LogP contribution in [-0.2, 0) is 14.2 Å². The third-order valence-corrected chi connectivity index (χ3v) is 4.75. The normalized spacial score (nSPS) is 26.5. The second-order valence-corrected chi connectivity index (χ2v) is 8.75. The number of carbonyl (C=O) groups excluding carboxylic acids is 1. The van der Waals surface area contributed by atoms with Crippen molar-refractivity contribution in [2.45, 2.75) is 63.5 Å². The predicted molar refractivity (Wildman–Crippen MR) is 95.8 cm³/mol. The van der Waals surface area contributed by atoms with Gasteiger partial charge >= 0.3 is 5.97 Å². The summed E-state index contributed by atoms with van der Waals surface area (Å²) in [6, 6.07) is 6.63. The lowest BCUT2D eigenvalue weighted by Crippen LogP contribution is -2.63. The molecule has 0 bridgehead atoms. The van der Waals surface area contributed by atoms with E-state index in [4.69, 9.17) is 25.8 Å². The maximum atomic E-state index is 12.1. The van der Waals surface area contributed by atoms with Crippen LogP contribution in [0.3, 0.4) is 0 Å². The molecule has 1 unspecified atom stereocenters. The monoisotopic (exact) mass is 367 g/mol. The zero-order valence-corrected chi connectivity index (χ0v) is 16.0. The predicted octanol–water partition coefficient (Wildman–Crippen LogP) is 3.55. The topological polar surface area (TPSA) is 56.8 Å². The Labute approximate surface area is 154 Å². The van der Waals surface area contributed by atoms with Gasteiger partial charge in [0, 0.05) is 28.9 Å². The van der Waals surface area contributed by atoms with E-state index >= 15 is 0 Å². The first-order valence-corrected chi connectivity index (χ1v) is 9.00. The lowest BCUT2D eigenvalue weighted by Gasteiger charge is -2.50. The molecule has 2 aliphatic heterocycles. The number of hydrogen-bond acceptors (Lipinski definition) is 5. The molecule has 6 heteroatoms. The van der Waals surface area contributed by atoms with E-state index < -0.39 is 5.79 Å². The van der Waals surface area contributed by atoms with Gasteiger partial charge in [0.2, 0.25) is 0 Å². The molecule has 1 aromatic carbocycles. The van der Waals surface area contributed by atoms with Gasteiger partial charge in [-0.05, 0) is 52.0 Å². The fourth-order valence-electron chi connectivity index (χ4n) is 4.14. The van der Waals surface area contributed by atoms with Gasteiger partial charge in [0.25, 0.3) is 0 Å². The van der Waals surface area contributed by atoms with Crippen LogP contribution in [-0.4, -0.2) is 42.2 Å². The largest absolute Gasteiger partial charge is 0.459 e. The lowest BCUT2D eigenvalue weighted by molar-refractivity contribution is -0.216. The second kappa shape index (κ2) is 6.54. The highest BCUT2D eigenvalue weighted by Crippen LogP contribution is 2.42. The molecule has 2 aliphatic rings. The van der Waals surface area contributed by atoms with E-state index in [1.165, 1.54) is 0 Å². The van der Waals surface area contributed by atoms with Crippen LogP contribution in [0.5, 0.6) is 0 Å². The fourth-order valence-corrected chi connectivity index (χ4v) is 4.26. The summed E-state index contributed by atoms with van der Waals surface area (Å²) in [5, 5.41) is 4.20. The van der Waals surface area contributed by atoms with Crippen molar-refractivity contribution in [3.8, 4) is 0 Å².